The normalized spacial score (nSPS) is 17.6. The molecule has 0 spiro atoms. The number of aliphatic imine (C=N–C) groups is 1. The number of nitrogens with zero attached hydrogens (tertiary/aromatic N) is 3. The van der Waals surface area contributed by atoms with Crippen molar-refractivity contribution in [2.24, 2.45) is 10.9 Å². The van der Waals surface area contributed by atoms with Gasteiger partial charge in [0.1, 0.15) is 6.04 Å². The van der Waals surface area contributed by atoms with Gasteiger partial charge in [-0.15, -0.1) is 0 Å². The molecule has 0 saturated carbocycles. The van der Waals surface area contributed by atoms with Crippen LogP contribution in [0.15, 0.2) is 53.5 Å². The van der Waals surface area contributed by atoms with Crippen molar-refractivity contribution in [3.8, 4) is 6.07 Å². The van der Waals surface area contributed by atoms with Crippen LogP contribution in [-0.2, 0) is 4.79 Å². The molecular formula is C22H22ClN3O. The predicted molar refractivity (Wildman–Crippen MR) is 109 cm³/mol. The van der Waals surface area contributed by atoms with Gasteiger partial charge in [-0.05, 0) is 24.1 Å². The quantitative estimate of drug-likeness (QED) is 0.745. The van der Waals surface area contributed by atoms with Crippen LogP contribution in [0.2, 0.25) is 5.02 Å². The van der Waals surface area contributed by atoms with E-state index in [9.17, 15) is 4.79 Å². The van der Waals surface area contributed by atoms with Crippen LogP contribution >= 0.6 is 11.6 Å². The van der Waals surface area contributed by atoms with E-state index in [0.717, 1.165) is 28.9 Å². The van der Waals surface area contributed by atoms with E-state index in [1.807, 2.05) is 49.4 Å². The van der Waals surface area contributed by atoms with Gasteiger partial charge in [0, 0.05) is 22.7 Å². The Morgan fingerprint density at radius 1 is 1.26 bits per heavy atom. The first-order valence-electron chi connectivity index (χ1n) is 9.18. The minimum atomic E-state index is -0.491. The maximum Gasteiger partial charge on any atom is 0.252 e. The van der Waals surface area contributed by atoms with Crippen molar-refractivity contribution >= 4 is 28.9 Å². The van der Waals surface area contributed by atoms with Crippen molar-refractivity contribution < 1.29 is 4.79 Å². The minimum Gasteiger partial charge on any atom is -0.309 e. The van der Waals surface area contributed by atoms with Gasteiger partial charge in [0.15, 0.2) is 0 Å². The third-order valence-corrected chi connectivity index (χ3v) is 5.20. The number of halogens is 1. The summed E-state index contributed by atoms with van der Waals surface area (Å²) in [5.41, 5.74) is 3.30. The smallest absolute Gasteiger partial charge is 0.252 e. The van der Waals surface area contributed by atoms with Crippen molar-refractivity contribution in [3.05, 3.63) is 64.7 Å². The minimum absolute atomic E-state index is 0.0610. The van der Waals surface area contributed by atoms with Crippen molar-refractivity contribution in [1.82, 2.24) is 0 Å². The lowest BCUT2D eigenvalue weighted by atomic mass is 9.98. The topological polar surface area (TPSA) is 56.5 Å². The fourth-order valence-electron chi connectivity index (χ4n) is 3.29. The molecule has 2 aromatic carbocycles. The van der Waals surface area contributed by atoms with Crippen molar-refractivity contribution in [1.29, 1.82) is 5.26 Å². The molecule has 0 radical (unpaired) electrons. The van der Waals surface area contributed by atoms with Gasteiger partial charge in [-0.2, -0.15) is 5.26 Å². The Kier molecular flexibility index (Phi) is 5.93. The molecule has 5 heteroatoms. The fraction of sp³-hybridized carbons (Fsp3) is 0.318. The van der Waals surface area contributed by atoms with Crippen LogP contribution in [0.25, 0.3) is 0 Å². The number of amides is 1. The van der Waals surface area contributed by atoms with E-state index in [1.54, 1.807) is 11.0 Å². The number of carbonyl (C=O) groups is 1. The van der Waals surface area contributed by atoms with Crippen LogP contribution in [0, 0.1) is 17.2 Å². The van der Waals surface area contributed by atoms with Crippen molar-refractivity contribution in [3.63, 3.8) is 0 Å². The van der Waals surface area contributed by atoms with E-state index in [1.165, 1.54) is 0 Å². The lowest BCUT2D eigenvalue weighted by Gasteiger charge is -2.26. The van der Waals surface area contributed by atoms with E-state index in [4.69, 9.17) is 21.9 Å². The number of carbonyl (C=O) groups excluding carboxylic acids is 1. The Morgan fingerprint density at radius 2 is 2.00 bits per heavy atom. The Morgan fingerprint density at radius 3 is 2.67 bits per heavy atom. The van der Waals surface area contributed by atoms with Crippen LogP contribution in [0.1, 0.15) is 37.8 Å². The molecule has 0 bridgehead atoms. The summed E-state index contributed by atoms with van der Waals surface area (Å²) in [4.78, 5) is 20.0. The molecule has 0 saturated heterocycles. The number of hydrogen-bond donors (Lipinski definition) is 0. The van der Waals surface area contributed by atoms with E-state index in [2.05, 4.69) is 13.0 Å². The number of anilines is 1. The highest BCUT2D eigenvalue weighted by Crippen LogP contribution is 2.33. The summed E-state index contributed by atoms with van der Waals surface area (Å²) in [6, 6.07) is 17.0. The summed E-state index contributed by atoms with van der Waals surface area (Å²) >= 11 is 6.29. The molecule has 0 fully saturated rings. The lowest BCUT2D eigenvalue weighted by molar-refractivity contribution is -0.120. The first kappa shape index (κ1) is 19.1. The highest BCUT2D eigenvalue weighted by Gasteiger charge is 2.34. The molecule has 0 aromatic heterocycles. The maximum absolute atomic E-state index is 13.4. The first-order chi connectivity index (χ1) is 13.1. The Balaban J connectivity index is 2.24. The maximum atomic E-state index is 13.4. The molecule has 1 aliphatic heterocycles. The van der Waals surface area contributed by atoms with Crippen molar-refractivity contribution in [2.45, 2.75) is 32.7 Å². The molecule has 1 heterocycles. The number of rotatable bonds is 5. The second-order valence-corrected chi connectivity index (χ2v) is 7.17. The van der Waals surface area contributed by atoms with Crippen LogP contribution in [0.3, 0.4) is 0 Å². The monoisotopic (exact) mass is 379 g/mol. The highest BCUT2D eigenvalue weighted by molar-refractivity contribution is 6.32. The molecule has 1 amide bonds. The molecule has 27 heavy (non-hydrogen) atoms. The number of fused-ring (bicyclic) bond motifs is 1. The summed E-state index contributed by atoms with van der Waals surface area (Å²) in [6.07, 6.45) is 1.10. The third-order valence-electron chi connectivity index (χ3n) is 4.97. The summed E-state index contributed by atoms with van der Waals surface area (Å²) < 4.78 is 0. The third kappa shape index (κ3) is 3.89. The van der Waals surface area contributed by atoms with Crippen LogP contribution in [0.5, 0.6) is 0 Å². The molecule has 138 valence electrons. The number of hydrogen-bond acceptors (Lipinski definition) is 3. The largest absolute Gasteiger partial charge is 0.309 e. The standard InChI is InChI=1S/C22H22ClN3O/c1-3-15(2)20-22(27)26(13-7-12-24)19-11-10-17(23)14-18(19)21(25-20)16-8-5-4-6-9-16/h4-6,8-11,14-15,20H,3,7,13H2,1-2H3/t15?,20-/m0/s1. The Labute approximate surface area is 165 Å². The Bertz CT molecular complexity index is 902. The Hall–Kier alpha value is -2.64. The average molecular weight is 380 g/mol. The second-order valence-electron chi connectivity index (χ2n) is 6.73. The zero-order valence-corrected chi connectivity index (χ0v) is 16.3. The van der Waals surface area contributed by atoms with Crippen LogP contribution in [-0.4, -0.2) is 24.2 Å². The van der Waals surface area contributed by atoms with Gasteiger partial charge in [0.2, 0.25) is 0 Å². The molecule has 0 N–H and O–H groups in total. The second kappa shape index (κ2) is 8.37. The van der Waals surface area contributed by atoms with Crippen LogP contribution < -0.4 is 4.90 Å². The van der Waals surface area contributed by atoms with Gasteiger partial charge in [0.25, 0.3) is 5.91 Å². The molecule has 4 nitrogen and oxygen atoms in total. The van der Waals surface area contributed by atoms with Gasteiger partial charge < -0.3 is 4.90 Å². The molecule has 3 rings (SSSR count). The molecule has 0 aliphatic carbocycles. The lowest BCUT2D eigenvalue weighted by Crippen LogP contribution is -2.41. The molecular weight excluding hydrogens is 358 g/mol. The SMILES string of the molecule is CCC(C)[C@@H]1N=C(c2ccccc2)c2cc(Cl)ccc2N(CCC#N)C1=O. The summed E-state index contributed by atoms with van der Waals surface area (Å²) in [5, 5.41) is 9.65. The first-order valence-corrected chi connectivity index (χ1v) is 9.56. The van der Waals surface area contributed by atoms with Gasteiger partial charge in [-0.25, -0.2) is 0 Å². The number of benzodiazepines with no additional fused rings is 1. The van der Waals surface area contributed by atoms with E-state index in [-0.39, 0.29) is 18.2 Å². The highest BCUT2D eigenvalue weighted by atomic mass is 35.5. The van der Waals surface area contributed by atoms with E-state index in [0.29, 0.717) is 11.6 Å². The van der Waals surface area contributed by atoms with E-state index < -0.39 is 6.04 Å². The fourth-order valence-corrected chi connectivity index (χ4v) is 3.46. The van der Waals surface area contributed by atoms with Gasteiger partial charge in [-0.3, -0.25) is 9.79 Å². The molecule has 1 aliphatic rings. The van der Waals surface area contributed by atoms with Gasteiger partial charge in [-0.1, -0.05) is 62.2 Å². The number of nitriles is 1. The summed E-state index contributed by atoms with van der Waals surface area (Å²) in [5.74, 6) is 0.0275. The average Bonchev–Trinajstić information content (AvgIpc) is 2.81. The molecule has 2 aromatic rings. The van der Waals surface area contributed by atoms with Crippen molar-refractivity contribution in [2.75, 3.05) is 11.4 Å². The van der Waals surface area contributed by atoms with Crippen LogP contribution in [0.4, 0.5) is 5.69 Å². The number of benzene rings is 2. The van der Waals surface area contributed by atoms with E-state index >= 15 is 0 Å². The van der Waals surface area contributed by atoms with Gasteiger partial charge >= 0.3 is 0 Å². The van der Waals surface area contributed by atoms with Gasteiger partial charge in [0.05, 0.1) is 23.9 Å². The summed E-state index contributed by atoms with van der Waals surface area (Å²) in [6.45, 7) is 4.44. The molecule has 2 atom stereocenters. The molecule has 1 unspecified atom stereocenters. The zero-order chi connectivity index (χ0) is 19.4. The predicted octanol–water partition coefficient (Wildman–Crippen LogP) is 4.85. The summed E-state index contributed by atoms with van der Waals surface area (Å²) in [7, 11) is 0. The zero-order valence-electron chi connectivity index (χ0n) is 15.5.